The fourth-order valence-electron chi connectivity index (χ4n) is 5.40. The Morgan fingerprint density at radius 2 is 1.59 bits per heavy atom. The number of carbonyl (C=O) groups is 1. The van der Waals surface area contributed by atoms with Gasteiger partial charge in [0.15, 0.2) is 0 Å². The molecule has 4 nitrogen and oxygen atoms in total. The van der Waals surface area contributed by atoms with E-state index in [1.807, 2.05) is 6.07 Å². The van der Waals surface area contributed by atoms with Crippen LogP contribution in [0.3, 0.4) is 0 Å². The van der Waals surface area contributed by atoms with Crippen LogP contribution in [0.1, 0.15) is 47.3 Å². The molecular weight excluding hydrogens is 476 g/mol. The van der Waals surface area contributed by atoms with Crippen molar-refractivity contribution in [1.29, 1.82) is 0 Å². The van der Waals surface area contributed by atoms with Gasteiger partial charge in [-0.05, 0) is 65.1 Å². The first-order chi connectivity index (χ1) is 18.0. The lowest BCUT2D eigenvalue weighted by molar-refractivity contribution is 0.0606. The van der Waals surface area contributed by atoms with E-state index in [9.17, 15) is 4.79 Å². The Morgan fingerprint density at radius 1 is 0.919 bits per heavy atom. The van der Waals surface area contributed by atoms with Gasteiger partial charge >= 0.3 is 5.97 Å². The lowest BCUT2D eigenvalue weighted by Crippen LogP contribution is -2.30. The zero-order valence-electron chi connectivity index (χ0n) is 22.1. The Balaban J connectivity index is 1.43. The first kappa shape index (κ1) is 25.3. The molecule has 5 rings (SSSR count). The molecule has 0 aliphatic heterocycles. The van der Waals surface area contributed by atoms with Crippen LogP contribution in [-0.2, 0) is 11.3 Å². The van der Waals surface area contributed by atoms with Crippen LogP contribution in [0.4, 0.5) is 11.4 Å². The van der Waals surface area contributed by atoms with Crippen molar-refractivity contribution in [3.8, 4) is 11.1 Å². The first-order valence-electron chi connectivity index (χ1n) is 13.2. The quantitative estimate of drug-likeness (QED) is 0.224. The molecule has 0 N–H and O–H groups in total. The van der Waals surface area contributed by atoms with Crippen LogP contribution >= 0.6 is 11.3 Å². The monoisotopic (exact) mass is 512 g/mol. The normalized spacial score (nSPS) is 14.0. The Labute approximate surface area is 224 Å². The van der Waals surface area contributed by atoms with Crippen LogP contribution in [0, 0.1) is 5.92 Å². The van der Waals surface area contributed by atoms with Crippen LogP contribution in [-0.4, -0.2) is 33.7 Å². The standard InChI is InChI=1S/C32H36N2O2S/c1-33(2)28-18-16-26(17-19-28)25-14-12-24(13-15-25)22-34(21-23-8-5-4-6-9-23)29-11-7-10-27-20-30(32(35)36-3)37-31(27)29/h7,10-20,23H,4-6,8-9,21-22H2,1-3H3. The second-order valence-electron chi connectivity index (χ2n) is 10.3. The SMILES string of the molecule is COC(=O)c1cc2cccc(N(Cc3ccc(-c4ccc(N(C)C)cc4)cc3)CC3CCCCC3)c2s1. The van der Waals surface area contributed by atoms with Crippen molar-refractivity contribution >= 4 is 38.8 Å². The maximum Gasteiger partial charge on any atom is 0.348 e. The smallest absolute Gasteiger partial charge is 0.348 e. The van der Waals surface area contributed by atoms with Crippen LogP contribution < -0.4 is 9.80 Å². The highest BCUT2D eigenvalue weighted by molar-refractivity contribution is 7.21. The largest absolute Gasteiger partial charge is 0.465 e. The van der Waals surface area contributed by atoms with E-state index in [0.29, 0.717) is 10.8 Å². The molecule has 37 heavy (non-hydrogen) atoms. The molecule has 0 saturated heterocycles. The molecule has 0 bridgehead atoms. The van der Waals surface area contributed by atoms with E-state index in [1.54, 1.807) is 11.3 Å². The molecule has 1 aliphatic carbocycles. The van der Waals surface area contributed by atoms with Gasteiger partial charge in [0.05, 0.1) is 17.5 Å². The fourth-order valence-corrected chi connectivity index (χ4v) is 6.52. The highest BCUT2D eigenvalue weighted by Gasteiger charge is 2.21. The molecule has 0 atom stereocenters. The molecule has 0 radical (unpaired) electrons. The van der Waals surface area contributed by atoms with Crippen LogP contribution in [0.25, 0.3) is 21.2 Å². The lowest BCUT2D eigenvalue weighted by Gasteiger charge is -2.32. The summed E-state index contributed by atoms with van der Waals surface area (Å²) in [6.07, 6.45) is 6.61. The summed E-state index contributed by atoms with van der Waals surface area (Å²) < 4.78 is 6.17. The summed E-state index contributed by atoms with van der Waals surface area (Å²) >= 11 is 1.54. The van der Waals surface area contributed by atoms with Crippen molar-refractivity contribution in [2.75, 3.05) is 37.5 Å². The fraction of sp³-hybridized carbons (Fsp3) is 0.344. The molecule has 1 aliphatic rings. The van der Waals surface area contributed by atoms with Crippen LogP contribution in [0.2, 0.25) is 0 Å². The molecule has 1 heterocycles. The summed E-state index contributed by atoms with van der Waals surface area (Å²) in [5, 5.41) is 1.10. The average molecular weight is 513 g/mol. The maximum atomic E-state index is 12.2. The Hall–Kier alpha value is -3.31. The summed E-state index contributed by atoms with van der Waals surface area (Å²) in [5.74, 6) is 0.443. The van der Waals surface area contributed by atoms with Crippen molar-refractivity contribution in [2.45, 2.75) is 38.6 Å². The van der Waals surface area contributed by atoms with Crippen LogP contribution in [0.5, 0.6) is 0 Å². The number of anilines is 2. The predicted octanol–water partition coefficient (Wildman–Crippen LogP) is 8.01. The van der Waals surface area contributed by atoms with E-state index < -0.39 is 0 Å². The predicted molar refractivity (Wildman–Crippen MR) is 157 cm³/mol. The zero-order valence-corrected chi connectivity index (χ0v) is 22.9. The van der Waals surface area contributed by atoms with E-state index >= 15 is 0 Å². The van der Waals surface area contributed by atoms with Crippen molar-refractivity contribution in [3.05, 3.63) is 83.2 Å². The molecule has 1 fully saturated rings. The number of ether oxygens (including phenoxy) is 1. The molecule has 4 aromatic rings. The van der Waals surface area contributed by atoms with Gasteiger partial charge in [-0.15, -0.1) is 11.3 Å². The van der Waals surface area contributed by atoms with Gasteiger partial charge in [-0.25, -0.2) is 4.79 Å². The van der Waals surface area contributed by atoms with Gasteiger partial charge in [0.25, 0.3) is 0 Å². The molecule has 3 aromatic carbocycles. The second kappa shape index (κ2) is 11.4. The number of nitrogens with zero attached hydrogens (tertiary/aromatic N) is 2. The van der Waals surface area contributed by atoms with Crippen molar-refractivity contribution in [1.82, 2.24) is 0 Å². The van der Waals surface area contributed by atoms with Gasteiger partial charge in [0, 0.05) is 32.9 Å². The molecule has 192 valence electrons. The zero-order chi connectivity index (χ0) is 25.8. The van der Waals surface area contributed by atoms with Gasteiger partial charge < -0.3 is 14.5 Å². The summed E-state index contributed by atoms with van der Waals surface area (Å²) in [4.78, 5) is 17.6. The number of fused-ring (bicyclic) bond motifs is 1. The first-order valence-corrected chi connectivity index (χ1v) is 14.1. The third-order valence-corrected chi connectivity index (χ3v) is 8.65. The number of carbonyl (C=O) groups excluding carboxylic acids is 1. The number of benzene rings is 3. The van der Waals surface area contributed by atoms with Crippen LogP contribution in [0.15, 0.2) is 72.8 Å². The highest BCUT2D eigenvalue weighted by Crippen LogP contribution is 2.37. The van der Waals surface area contributed by atoms with E-state index in [-0.39, 0.29) is 5.97 Å². The molecule has 0 unspecified atom stereocenters. The summed E-state index contributed by atoms with van der Waals surface area (Å²) in [6.45, 7) is 1.89. The molecular formula is C32H36N2O2S. The topological polar surface area (TPSA) is 32.8 Å². The van der Waals surface area contributed by atoms with Crippen molar-refractivity contribution in [3.63, 3.8) is 0 Å². The van der Waals surface area contributed by atoms with E-state index in [4.69, 9.17) is 4.74 Å². The number of rotatable bonds is 8. The number of thiophene rings is 1. The minimum atomic E-state index is -0.264. The average Bonchev–Trinajstić information content (AvgIpc) is 3.38. The molecule has 1 aromatic heterocycles. The lowest BCUT2D eigenvalue weighted by atomic mass is 9.88. The van der Waals surface area contributed by atoms with E-state index in [0.717, 1.165) is 23.2 Å². The molecule has 5 heteroatoms. The molecule has 0 spiro atoms. The van der Waals surface area contributed by atoms with Gasteiger partial charge in [0.1, 0.15) is 4.88 Å². The number of hydrogen-bond donors (Lipinski definition) is 0. The summed E-state index contributed by atoms with van der Waals surface area (Å²) in [6, 6.07) is 26.1. The number of methoxy groups -OCH3 is 1. The number of hydrogen-bond acceptors (Lipinski definition) is 5. The Morgan fingerprint density at radius 3 is 2.24 bits per heavy atom. The maximum absolute atomic E-state index is 12.2. The van der Waals surface area contributed by atoms with Crippen molar-refractivity contribution in [2.24, 2.45) is 5.92 Å². The van der Waals surface area contributed by atoms with Gasteiger partial charge in [-0.3, -0.25) is 0 Å². The Bertz CT molecular complexity index is 1340. The third-order valence-electron chi connectivity index (χ3n) is 7.50. The molecule has 0 amide bonds. The van der Waals surface area contributed by atoms with E-state index in [2.05, 4.69) is 90.6 Å². The summed E-state index contributed by atoms with van der Waals surface area (Å²) in [5.41, 5.74) is 6.18. The number of esters is 1. The van der Waals surface area contributed by atoms with E-state index in [1.165, 1.54) is 67.3 Å². The van der Waals surface area contributed by atoms with Gasteiger partial charge in [-0.2, -0.15) is 0 Å². The highest BCUT2D eigenvalue weighted by atomic mass is 32.1. The van der Waals surface area contributed by atoms with Gasteiger partial charge in [0.2, 0.25) is 0 Å². The minimum absolute atomic E-state index is 0.264. The minimum Gasteiger partial charge on any atom is -0.465 e. The summed E-state index contributed by atoms with van der Waals surface area (Å²) in [7, 11) is 5.58. The Kier molecular flexibility index (Phi) is 7.80. The van der Waals surface area contributed by atoms with Gasteiger partial charge in [-0.1, -0.05) is 67.8 Å². The second-order valence-corrected chi connectivity index (χ2v) is 11.4. The third kappa shape index (κ3) is 5.83. The van der Waals surface area contributed by atoms with Crippen molar-refractivity contribution < 1.29 is 9.53 Å². The molecule has 1 saturated carbocycles.